The molecule has 116 valence electrons. The Morgan fingerprint density at radius 2 is 2.24 bits per heavy atom. The molecule has 1 saturated heterocycles. The van der Waals surface area contributed by atoms with Crippen molar-refractivity contribution in [3.8, 4) is 0 Å². The molecule has 1 aliphatic rings. The third-order valence-electron chi connectivity index (χ3n) is 3.75. The summed E-state index contributed by atoms with van der Waals surface area (Å²) in [7, 11) is 0. The number of nitrogens with one attached hydrogen (secondary N) is 1. The van der Waals surface area contributed by atoms with Gasteiger partial charge in [0.2, 0.25) is 11.8 Å². The lowest BCUT2D eigenvalue weighted by Crippen LogP contribution is -2.32. The summed E-state index contributed by atoms with van der Waals surface area (Å²) in [5.74, 6) is -0.827. The number of anilines is 1. The first-order chi connectivity index (χ1) is 9.86. The summed E-state index contributed by atoms with van der Waals surface area (Å²) in [5, 5.41) is 15.6. The molecule has 0 spiro atoms. The van der Waals surface area contributed by atoms with Crippen LogP contribution in [0.25, 0.3) is 0 Å². The number of carbonyl (C=O) groups excluding carboxylic acids is 1. The second kappa shape index (κ2) is 6.26. The van der Waals surface area contributed by atoms with E-state index in [0.29, 0.717) is 19.0 Å². The molecule has 0 radical (unpaired) electrons. The molecule has 1 aromatic heterocycles. The Labute approximate surface area is 123 Å². The monoisotopic (exact) mass is 295 g/mol. The van der Waals surface area contributed by atoms with E-state index in [4.69, 9.17) is 9.63 Å². The van der Waals surface area contributed by atoms with Gasteiger partial charge in [-0.25, -0.2) is 0 Å². The van der Waals surface area contributed by atoms with Gasteiger partial charge in [0.05, 0.1) is 18.2 Å². The zero-order valence-corrected chi connectivity index (χ0v) is 12.5. The second-order valence-electron chi connectivity index (χ2n) is 5.94. The van der Waals surface area contributed by atoms with Crippen LogP contribution in [-0.2, 0) is 9.59 Å². The summed E-state index contributed by atoms with van der Waals surface area (Å²) in [6.45, 7) is 7.03. The van der Waals surface area contributed by atoms with Gasteiger partial charge in [-0.05, 0) is 11.8 Å². The van der Waals surface area contributed by atoms with Crippen molar-refractivity contribution in [1.82, 2.24) is 10.1 Å². The van der Waals surface area contributed by atoms with Crippen LogP contribution in [0.3, 0.4) is 0 Å². The number of carboxylic acids is 1. The molecule has 0 aliphatic carbocycles. The largest absolute Gasteiger partial charge is 0.481 e. The minimum absolute atomic E-state index is 0.0492. The third kappa shape index (κ3) is 3.81. The van der Waals surface area contributed by atoms with Crippen LogP contribution in [0.5, 0.6) is 0 Å². The van der Waals surface area contributed by atoms with E-state index >= 15 is 0 Å². The smallest absolute Gasteiger partial charge is 0.308 e. The van der Waals surface area contributed by atoms with E-state index in [2.05, 4.69) is 10.5 Å². The van der Waals surface area contributed by atoms with Crippen molar-refractivity contribution in [2.75, 3.05) is 25.0 Å². The minimum atomic E-state index is -0.804. The fourth-order valence-corrected chi connectivity index (χ4v) is 2.52. The molecule has 0 aromatic carbocycles. The molecule has 1 fully saturated rings. The van der Waals surface area contributed by atoms with Crippen molar-refractivity contribution in [3.63, 3.8) is 0 Å². The summed E-state index contributed by atoms with van der Waals surface area (Å²) < 4.78 is 5.05. The first-order valence-corrected chi connectivity index (χ1v) is 7.08. The van der Waals surface area contributed by atoms with Crippen molar-refractivity contribution >= 4 is 17.8 Å². The van der Waals surface area contributed by atoms with Crippen molar-refractivity contribution in [1.29, 1.82) is 0 Å². The first-order valence-electron chi connectivity index (χ1n) is 7.08. The average Bonchev–Trinajstić information content (AvgIpc) is 2.96. The predicted octanol–water partition coefficient (Wildman–Crippen LogP) is 1.39. The van der Waals surface area contributed by atoms with E-state index < -0.39 is 11.9 Å². The van der Waals surface area contributed by atoms with Crippen LogP contribution in [0.15, 0.2) is 10.6 Å². The maximum Gasteiger partial charge on any atom is 0.308 e. The molecule has 7 heteroatoms. The highest BCUT2D eigenvalue weighted by molar-refractivity contribution is 5.91. The van der Waals surface area contributed by atoms with Gasteiger partial charge in [0.15, 0.2) is 0 Å². The zero-order valence-electron chi connectivity index (χ0n) is 12.5. The lowest BCUT2D eigenvalue weighted by molar-refractivity contribution is -0.142. The van der Waals surface area contributed by atoms with Crippen LogP contribution in [0.1, 0.15) is 32.4 Å². The number of aromatic nitrogens is 1. The molecule has 2 atom stereocenters. The molecule has 0 unspecified atom stereocenters. The molecule has 1 aromatic rings. The molecule has 2 rings (SSSR count). The van der Waals surface area contributed by atoms with Gasteiger partial charge < -0.3 is 9.63 Å². The number of hydrogen-bond acceptors (Lipinski definition) is 5. The van der Waals surface area contributed by atoms with Gasteiger partial charge in [-0.1, -0.05) is 25.9 Å². The van der Waals surface area contributed by atoms with E-state index in [-0.39, 0.29) is 24.3 Å². The Morgan fingerprint density at radius 1 is 1.52 bits per heavy atom. The molecule has 2 N–H and O–H groups in total. The van der Waals surface area contributed by atoms with Crippen LogP contribution >= 0.6 is 0 Å². The van der Waals surface area contributed by atoms with E-state index in [1.165, 1.54) is 0 Å². The van der Waals surface area contributed by atoms with Gasteiger partial charge in [-0.3, -0.25) is 19.8 Å². The lowest BCUT2D eigenvalue weighted by Gasteiger charge is -2.13. The van der Waals surface area contributed by atoms with Gasteiger partial charge in [0, 0.05) is 19.2 Å². The van der Waals surface area contributed by atoms with Crippen molar-refractivity contribution in [2.45, 2.75) is 26.7 Å². The molecule has 7 nitrogen and oxygen atoms in total. The summed E-state index contributed by atoms with van der Waals surface area (Å²) >= 11 is 0. The Morgan fingerprint density at radius 3 is 2.76 bits per heavy atom. The highest BCUT2D eigenvalue weighted by Gasteiger charge is 2.35. The zero-order chi connectivity index (χ0) is 15.6. The van der Waals surface area contributed by atoms with Gasteiger partial charge in [-0.2, -0.15) is 0 Å². The first kappa shape index (κ1) is 15.5. The molecule has 1 aliphatic heterocycles. The van der Waals surface area contributed by atoms with Gasteiger partial charge in [0.1, 0.15) is 0 Å². The van der Waals surface area contributed by atoms with E-state index in [1.807, 2.05) is 25.7 Å². The topological polar surface area (TPSA) is 95.7 Å². The molecular formula is C14H21N3O4. The quantitative estimate of drug-likeness (QED) is 0.852. The Hall–Kier alpha value is -1.89. The Bertz CT molecular complexity index is 526. The summed E-state index contributed by atoms with van der Waals surface area (Å²) in [6.07, 6.45) is 0. The van der Waals surface area contributed by atoms with Crippen LogP contribution in [0.4, 0.5) is 5.88 Å². The van der Waals surface area contributed by atoms with E-state index in [1.54, 1.807) is 6.07 Å². The number of nitrogens with zero attached hydrogens (tertiary/aromatic N) is 2. The standard InChI is InChI=1S/C14H21N3O4/c1-8(2)11-4-13(21-16-11)15-12(18)7-17-5-9(3)10(6-17)14(19)20/h4,8-10H,5-7H2,1-3H3,(H,15,18)(H,19,20)/t9-,10-/m1/s1. The number of rotatable bonds is 5. The molecule has 1 amide bonds. The van der Waals surface area contributed by atoms with Crippen molar-refractivity contribution in [2.24, 2.45) is 11.8 Å². The van der Waals surface area contributed by atoms with Gasteiger partial charge >= 0.3 is 5.97 Å². The summed E-state index contributed by atoms with van der Waals surface area (Å²) in [6, 6.07) is 1.70. The fraction of sp³-hybridized carbons (Fsp3) is 0.643. The summed E-state index contributed by atoms with van der Waals surface area (Å²) in [4.78, 5) is 24.8. The minimum Gasteiger partial charge on any atom is -0.481 e. The highest BCUT2D eigenvalue weighted by Crippen LogP contribution is 2.23. The van der Waals surface area contributed by atoms with Gasteiger partial charge in [0.25, 0.3) is 0 Å². The number of carboxylic acid groups (broad SMARTS) is 1. The molecule has 21 heavy (non-hydrogen) atoms. The Balaban J connectivity index is 1.86. The van der Waals surface area contributed by atoms with Crippen LogP contribution in [0, 0.1) is 11.8 Å². The normalized spacial score (nSPS) is 22.7. The SMILES string of the molecule is CC(C)c1cc(NC(=O)CN2C[C@@H](C)[C@H](C(=O)O)C2)on1. The number of amides is 1. The van der Waals surface area contributed by atoms with E-state index in [9.17, 15) is 9.59 Å². The maximum absolute atomic E-state index is 11.9. The lowest BCUT2D eigenvalue weighted by atomic mass is 9.99. The Kier molecular flexibility index (Phi) is 4.62. The predicted molar refractivity (Wildman–Crippen MR) is 76.0 cm³/mol. The molecule has 2 heterocycles. The van der Waals surface area contributed by atoms with Crippen molar-refractivity contribution in [3.05, 3.63) is 11.8 Å². The van der Waals surface area contributed by atoms with Crippen LogP contribution in [0.2, 0.25) is 0 Å². The number of likely N-dealkylation sites (tertiary alicyclic amines) is 1. The molecule has 0 saturated carbocycles. The third-order valence-corrected chi connectivity index (χ3v) is 3.75. The number of carbonyl (C=O) groups is 2. The summed E-state index contributed by atoms with van der Waals surface area (Å²) in [5.41, 5.74) is 0.783. The number of hydrogen-bond donors (Lipinski definition) is 2. The van der Waals surface area contributed by atoms with Crippen LogP contribution in [-0.4, -0.2) is 46.7 Å². The van der Waals surface area contributed by atoms with Crippen molar-refractivity contribution < 1.29 is 19.2 Å². The second-order valence-corrected chi connectivity index (χ2v) is 5.94. The maximum atomic E-state index is 11.9. The van der Waals surface area contributed by atoms with Crippen LogP contribution < -0.4 is 5.32 Å². The number of aliphatic carboxylic acids is 1. The molecule has 0 bridgehead atoms. The van der Waals surface area contributed by atoms with E-state index in [0.717, 1.165) is 5.69 Å². The average molecular weight is 295 g/mol. The molecular weight excluding hydrogens is 274 g/mol. The fourth-order valence-electron chi connectivity index (χ4n) is 2.52. The highest BCUT2D eigenvalue weighted by atomic mass is 16.5. The van der Waals surface area contributed by atoms with Gasteiger partial charge in [-0.15, -0.1) is 0 Å².